The molecule has 4 heteroatoms. The summed E-state index contributed by atoms with van der Waals surface area (Å²) in [5.74, 6) is 0. The second kappa shape index (κ2) is 3.39. The van der Waals surface area contributed by atoms with Crippen molar-refractivity contribution in [3.05, 3.63) is 12.7 Å². The summed E-state index contributed by atoms with van der Waals surface area (Å²) >= 11 is 0. The summed E-state index contributed by atoms with van der Waals surface area (Å²) in [4.78, 5) is 12.7. The Morgan fingerprint density at radius 1 is 1.91 bits per heavy atom. The van der Waals surface area contributed by atoms with Gasteiger partial charge in [-0.2, -0.15) is 0 Å². The molecule has 0 radical (unpaired) electrons. The van der Waals surface area contributed by atoms with E-state index < -0.39 is 0 Å². The molecule has 1 aliphatic rings. The molecule has 0 spiro atoms. The second-order valence-corrected chi connectivity index (χ2v) is 2.58. The first-order valence-electron chi connectivity index (χ1n) is 3.64. The minimum atomic E-state index is -0.0413. The molecule has 3 N–H and O–H groups in total. The molecule has 0 aromatic heterocycles. The van der Waals surface area contributed by atoms with Crippen molar-refractivity contribution >= 4 is 6.03 Å². The van der Waals surface area contributed by atoms with Crippen LogP contribution in [0.15, 0.2) is 12.7 Å². The Labute approximate surface area is 66.0 Å². The highest BCUT2D eigenvalue weighted by molar-refractivity contribution is 5.77. The highest BCUT2D eigenvalue weighted by atomic mass is 16.2. The number of amides is 2. The molecule has 0 aromatic carbocycles. The summed E-state index contributed by atoms with van der Waals surface area (Å²) in [6, 6.07) is 0.0720. The number of nitrogens with two attached hydrogens (primary N) is 1. The lowest BCUT2D eigenvalue weighted by Gasteiger charge is -2.10. The molecule has 1 heterocycles. The number of hydrogen-bond acceptors (Lipinski definition) is 2. The Hall–Kier alpha value is -1.03. The number of carbonyl (C=O) groups excluding carboxylic acids is 1. The zero-order valence-corrected chi connectivity index (χ0v) is 6.42. The van der Waals surface area contributed by atoms with E-state index in [2.05, 4.69) is 11.9 Å². The zero-order valence-electron chi connectivity index (χ0n) is 6.42. The van der Waals surface area contributed by atoms with Gasteiger partial charge in [0.1, 0.15) is 0 Å². The fourth-order valence-corrected chi connectivity index (χ4v) is 1.11. The van der Waals surface area contributed by atoms with Gasteiger partial charge in [0.25, 0.3) is 0 Å². The Morgan fingerprint density at radius 3 is 3.09 bits per heavy atom. The van der Waals surface area contributed by atoms with Crippen molar-refractivity contribution < 1.29 is 4.79 Å². The number of nitrogens with one attached hydrogen (secondary N) is 1. The van der Waals surface area contributed by atoms with Crippen LogP contribution in [-0.2, 0) is 0 Å². The van der Waals surface area contributed by atoms with Gasteiger partial charge in [0.05, 0.1) is 6.04 Å². The van der Waals surface area contributed by atoms with Crippen LogP contribution in [0.1, 0.15) is 0 Å². The average Bonchev–Trinajstić information content (AvgIpc) is 2.33. The number of carbonyl (C=O) groups is 1. The fourth-order valence-electron chi connectivity index (χ4n) is 1.11. The van der Waals surface area contributed by atoms with Crippen molar-refractivity contribution in [2.75, 3.05) is 19.6 Å². The molecule has 0 aliphatic carbocycles. The van der Waals surface area contributed by atoms with Gasteiger partial charge in [-0.3, -0.25) is 0 Å². The van der Waals surface area contributed by atoms with Gasteiger partial charge in [0.15, 0.2) is 0 Å². The summed E-state index contributed by atoms with van der Waals surface area (Å²) in [5, 5.41) is 2.75. The topological polar surface area (TPSA) is 58.4 Å². The molecule has 1 saturated heterocycles. The minimum Gasteiger partial charge on any atom is -0.332 e. The minimum absolute atomic E-state index is 0.0413. The molecule has 2 amide bonds. The van der Waals surface area contributed by atoms with Gasteiger partial charge in [-0.05, 0) is 0 Å². The van der Waals surface area contributed by atoms with E-state index in [4.69, 9.17) is 5.73 Å². The van der Waals surface area contributed by atoms with Crippen molar-refractivity contribution in [3.8, 4) is 0 Å². The lowest BCUT2D eigenvalue weighted by atomic mass is 10.3. The maximum atomic E-state index is 11.0. The third-order valence-electron chi connectivity index (χ3n) is 1.69. The van der Waals surface area contributed by atoms with Crippen LogP contribution < -0.4 is 11.1 Å². The SMILES string of the molecule is C=CCN1CC(CN)NC1=O. The summed E-state index contributed by atoms with van der Waals surface area (Å²) in [6.07, 6.45) is 1.71. The van der Waals surface area contributed by atoms with Crippen LogP contribution in [0, 0.1) is 0 Å². The van der Waals surface area contributed by atoms with Gasteiger partial charge < -0.3 is 16.0 Å². The van der Waals surface area contributed by atoms with E-state index in [1.54, 1.807) is 11.0 Å². The first-order valence-corrected chi connectivity index (χ1v) is 3.64. The van der Waals surface area contributed by atoms with Gasteiger partial charge in [0, 0.05) is 19.6 Å². The molecule has 1 rings (SSSR count). The molecule has 0 bridgehead atoms. The van der Waals surface area contributed by atoms with E-state index in [1.165, 1.54) is 0 Å². The molecule has 62 valence electrons. The van der Waals surface area contributed by atoms with Crippen LogP contribution in [0.5, 0.6) is 0 Å². The fraction of sp³-hybridized carbons (Fsp3) is 0.571. The number of hydrogen-bond donors (Lipinski definition) is 2. The maximum Gasteiger partial charge on any atom is 0.318 e. The number of rotatable bonds is 3. The van der Waals surface area contributed by atoms with Gasteiger partial charge in [-0.25, -0.2) is 4.79 Å². The van der Waals surface area contributed by atoms with Gasteiger partial charge >= 0.3 is 6.03 Å². The molecule has 1 aliphatic heterocycles. The average molecular weight is 155 g/mol. The lowest BCUT2D eigenvalue weighted by molar-refractivity contribution is 0.222. The van der Waals surface area contributed by atoms with Crippen LogP contribution in [0.25, 0.3) is 0 Å². The van der Waals surface area contributed by atoms with Crippen LogP contribution >= 0.6 is 0 Å². The highest BCUT2D eigenvalue weighted by Crippen LogP contribution is 2.01. The molecule has 4 nitrogen and oxygen atoms in total. The summed E-state index contributed by atoms with van der Waals surface area (Å²) in [6.45, 7) is 5.35. The molecular weight excluding hydrogens is 142 g/mol. The van der Waals surface area contributed by atoms with Gasteiger partial charge in [-0.15, -0.1) is 6.58 Å². The molecule has 1 fully saturated rings. The smallest absolute Gasteiger partial charge is 0.318 e. The van der Waals surface area contributed by atoms with Crippen molar-refractivity contribution in [2.45, 2.75) is 6.04 Å². The first-order chi connectivity index (χ1) is 5.27. The van der Waals surface area contributed by atoms with Crippen molar-refractivity contribution in [1.29, 1.82) is 0 Å². The van der Waals surface area contributed by atoms with Gasteiger partial charge in [-0.1, -0.05) is 6.08 Å². The molecule has 0 aromatic rings. The van der Waals surface area contributed by atoms with Crippen molar-refractivity contribution in [3.63, 3.8) is 0 Å². The number of urea groups is 1. The molecule has 1 atom stereocenters. The van der Waals surface area contributed by atoms with E-state index in [0.717, 1.165) is 0 Å². The monoisotopic (exact) mass is 155 g/mol. The lowest BCUT2D eigenvalue weighted by Crippen LogP contribution is -2.33. The van der Waals surface area contributed by atoms with E-state index in [9.17, 15) is 4.79 Å². The zero-order chi connectivity index (χ0) is 8.27. The van der Waals surface area contributed by atoms with Crippen LogP contribution in [0.3, 0.4) is 0 Å². The molecular formula is C7H13N3O. The Morgan fingerprint density at radius 2 is 2.64 bits per heavy atom. The van der Waals surface area contributed by atoms with E-state index in [1.807, 2.05) is 0 Å². The normalized spacial score (nSPS) is 23.5. The first kappa shape index (κ1) is 8.07. The Bertz CT molecular complexity index is 169. The Kier molecular flexibility index (Phi) is 2.48. The quantitative estimate of drug-likeness (QED) is 0.541. The second-order valence-electron chi connectivity index (χ2n) is 2.58. The Balaban J connectivity index is 2.44. The van der Waals surface area contributed by atoms with Gasteiger partial charge in [0.2, 0.25) is 0 Å². The van der Waals surface area contributed by atoms with Crippen molar-refractivity contribution in [1.82, 2.24) is 10.2 Å². The molecule has 1 unspecified atom stereocenters. The predicted molar refractivity (Wildman–Crippen MR) is 43.1 cm³/mol. The summed E-state index contributed by atoms with van der Waals surface area (Å²) < 4.78 is 0. The van der Waals surface area contributed by atoms with Crippen LogP contribution in [0.4, 0.5) is 4.79 Å². The standard InChI is InChI=1S/C7H13N3O/c1-2-3-10-5-6(4-8)9-7(10)11/h2,6H,1,3-5,8H2,(H,9,11). The maximum absolute atomic E-state index is 11.0. The van der Waals surface area contributed by atoms with E-state index in [-0.39, 0.29) is 12.1 Å². The summed E-state index contributed by atoms with van der Waals surface area (Å²) in [7, 11) is 0. The molecule has 0 saturated carbocycles. The molecule has 11 heavy (non-hydrogen) atoms. The highest BCUT2D eigenvalue weighted by Gasteiger charge is 2.25. The van der Waals surface area contributed by atoms with Crippen molar-refractivity contribution in [2.24, 2.45) is 5.73 Å². The van der Waals surface area contributed by atoms with E-state index in [0.29, 0.717) is 19.6 Å². The van der Waals surface area contributed by atoms with Crippen LogP contribution in [-0.4, -0.2) is 36.6 Å². The van der Waals surface area contributed by atoms with Crippen LogP contribution in [0.2, 0.25) is 0 Å². The largest absolute Gasteiger partial charge is 0.332 e. The third-order valence-corrected chi connectivity index (χ3v) is 1.69. The number of nitrogens with zero attached hydrogens (tertiary/aromatic N) is 1. The summed E-state index contributed by atoms with van der Waals surface area (Å²) in [5.41, 5.74) is 5.39. The predicted octanol–water partition coefficient (Wildman–Crippen LogP) is -0.475. The van der Waals surface area contributed by atoms with E-state index >= 15 is 0 Å². The third kappa shape index (κ3) is 1.71.